The molecule has 1 aromatic carbocycles. The minimum absolute atomic E-state index is 0.196. The molecular formula is C19H13N3OS. The molecule has 0 bridgehead atoms. The van der Waals surface area contributed by atoms with Crippen molar-refractivity contribution in [2.24, 2.45) is 0 Å². The third-order valence-corrected chi connectivity index (χ3v) is 3.72. The van der Waals surface area contributed by atoms with Crippen molar-refractivity contribution in [1.82, 2.24) is 9.97 Å². The molecule has 116 valence electrons. The molecule has 2 heterocycles. The summed E-state index contributed by atoms with van der Waals surface area (Å²) in [6.45, 7) is 0. The molecule has 0 aliphatic rings. The van der Waals surface area contributed by atoms with Crippen molar-refractivity contribution in [3.05, 3.63) is 82.6 Å². The summed E-state index contributed by atoms with van der Waals surface area (Å²) in [4.78, 5) is 21.0. The average molecular weight is 331 g/mol. The van der Waals surface area contributed by atoms with E-state index in [0.717, 1.165) is 10.4 Å². The summed E-state index contributed by atoms with van der Waals surface area (Å²) in [6, 6.07) is 13.0. The zero-order valence-electron chi connectivity index (χ0n) is 12.6. The van der Waals surface area contributed by atoms with Gasteiger partial charge in [0.1, 0.15) is 5.69 Å². The monoisotopic (exact) mass is 331 g/mol. The van der Waals surface area contributed by atoms with Gasteiger partial charge in [0.25, 0.3) is 0 Å². The van der Waals surface area contributed by atoms with Gasteiger partial charge in [0.2, 0.25) is 5.91 Å². The molecule has 2 aromatic heterocycles. The Morgan fingerprint density at radius 1 is 1.17 bits per heavy atom. The lowest BCUT2D eigenvalue weighted by Crippen LogP contribution is -2.07. The number of hydrogen-bond acceptors (Lipinski definition) is 4. The summed E-state index contributed by atoms with van der Waals surface area (Å²) in [5.41, 5.74) is 3.94. The van der Waals surface area contributed by atoms with Gasteiger partial charge in [0.05, 0.1) is 5.51 Å². The maximum atomic E-state index is 11.9. The van der Waals surface area contributed by atoms with Crippen molar-refractivity contribution in [1.29, 1.82) is 0 Å². The van der Waals surface area contributed by atoms with Crippen molar-refractivity contribution in [2.45, 2.75) is 0 Å². The molecular weight excluding hydrogens is 318 g/mol. The fraction of sp³-hybridized carbons (Fsp3) is 0. The zero-order chi connectivity index (χ0) is 16.6. The number of pyridine rings is 1. The van der Waals surface area contributed by atoms with Crippen LogP contribution in [0.4, 0.5) is 5.69 Å². The maximum absolute atomic E-state index is 11.9. The predicted molar refractivity (Wildman–Crippen MR) is 96.4 cm³/mol. The van der Waals surface area contributed by atoms with Crippen LogP contribution in [0.15, 0.2) is 66.4 Å². The molecule has 4 nitrogen and oxygen atoms in total. The Bertz CT molecular complexity index is 907. The first-order valence-electron chi connectivity index (χ1n) is 7.20. The fourth-order valence-corrected chi connectivity index (χ4v) is 2.41. The van der Waals surface area contributed by atoms with E-state index in [-0.39, 0.29) is 5.91 Å². The normalized spacial score (nSPS) is 10.2. The summed E-state index contributed by atoms with van der Waals surface area (Å²) < 4.78 is 0. The van der Waals surface area contributed by atoms with Crippen molar-refractivity contribution >= 4 is 29.0 Å². The van der Waals surface area contributed by atoms with Crippen LogP contribution in [0.1, 0.15) is 16.1 Å². The molecule has 0 aliphatic carbocycles. The van der Waals surface area contributed by atoms with E-state index in [1.54, 1.807) is 24.0 Å². The second-order valence-electron chi connectivity index (χ2n) is 4.77. The molecule has 0 atom stereocenters. The van der Waals surface area contributed by atoms with E-state index in [4.69, 9.17) is 0 Å². The number of benzene rings is 1. The van der Waals surface area contributed by atoms with Crippen molar-refractivity contribution in [2.75, 3.05) is 5.32 Å². The number of nitrogens with one attached hydrogen (secondary N) is 1. The largest absolute Gasteiger partial charge is 0.322 e. The van der Waals surface area contributed by atoms with Gasteiger partial charge in [-0.15, -0.1) is 11.3 Å². The van der Waals surface area contributed by atoms with E-state index in [0.29, 0.717) is 11.4 Å². The second-order valence-corrected chi connectivity index (χ2v) is 5.69. The Labute approximate surface area is 143 Å². The number of rotatable bonds is 3. The van der Waals surface area contributed by atoms with Crippen LogP contribution in [0.2, 0.25) is 0 Å². The summed E-state index contributed by atoms with van der Waals surface area (Å²) >= 11 is 1.48. The molecule has 24 heavy (non-hydrogen) atoms. The van der Waals surface area contributed by atoms with Crippen LogP contribution in [0, 0.1) is 11.8 Å². The van der Waals surface area contributed by atoms with E-state index < -0.39 is 0 Å². The second kappa shape index (κ2) is 7.86. The highest BCUT2D eigenvalue weighted by Gasteiger charge is 1.99. The molecule has 3 aromatic rings. The van der Waals surface area contributed by atoms with Gasteiger partial charge in [-0.05, 0) is 42.3 Å². The summed E-state index contributed by atoms with van der Waals surface area (Å²) in [7, 11) is 0. The van der Waals surface area contributed by atoms with Crippen molar-refractivity contribution in [3.8, 4) is 11.8 Å². The highest BCUT2D eigenvalue weighted by Crippen LogP contribution is 2.11. The van der Waals surface area contributed by atoms with Gasteiger partial charge >= 0.3 is 0 Å². The third-order valence-electron chi connectivity index (χ3n) is 2.98. The highest BCUT2D eigenvalue weighted by atomic mass is 32.1. The number of hydrogen-bond donors (Lipinski definition) is 1. The number of carbonyl (C=O) groups is 1. The molecule has 1 amide bonds. The molecule has 0 saturated heterocycles. The Kier molecular flexibility index (Phi) is 5.13. The van der Waals surface area contributed by atoms with Gasteiger partial charge in [-0.25, -0.2) is 4.98 Å². The molecule has 3 rings (SSSR count). The average Bonchev–Trinajstić information content (AvgIpc) is 3.13. The van der Waals surface area contributed by atoms with E-state index in [2.05, 4.69) is 27.1 Å². The smallest absolute Gasteiger partial charge is 0.248 e. The lowest BCUT2D eigenvalue weighted by atomic mass is 10.2. The maximum Gasteiger partial charge on any atom is 0.248 e. The van der Waals surface area contributed by atoms with E-state index in [9.17, 15) is 4.79 Å². The van der Waals surface area contributed by atoms with Crippen LogP contribution in [0.5, 0.6) is 0 Å². The Hall–Kier alpha value is -3.23. The van der Waals surface area contributed by atoms with Gasteiger partial charge in [-0.1, -0.05) is 18.1 Å². The molecule has 0 unspecified atom stereocenters. The van der Waals surface area contributed by atoms with Gasteiger partial charge in [-0.3, -0.25) is 9.78 Å². The third kappa shape index (κ3) is 4.63. The minimum atomic E-state index is -0.196. The quantitative estimate of drug-likeness (QED) is 0.589. The molecule has 0 radical (unpaired) electrons. The number of anilines is 1. The van der Waals surface area contributed by atoms with E-state index >= 15 is 0 Å². The number of carbonyl (C=O) groups excluding carboxylic acids is 1. The lowest BCUT2D eigenvalue weighted by molar-refractivity contribution is -0.111. The molecule has 0 saturated carbocycles. The van der Waals surface area contributed by atoms with E-state index in [1.165, 1.54) is 17.4 Å². The summed E-state index contributed by atoms with van der Waals surface area (Å²) in [5, 5.41) is 2.82. The molecule has 1 N–H and O–H groups in total. The number of amides is 1. The summed E-state index contributed by atoms with van der Waals surface area (Å²) in [6.07, 6.45) is 6.63. The van der Waals surface area contributed by atoms with Gasteiger partial charge in [0, 0.05) is 34.6 Å². The SMILES string of the molecule is O=C(/C=C/c1cncs1)Nc1cccc(C#Cc2ccccn2)c1. The van der Waals surface area contributed by atoms with Gasteiger partial charge in [0.15, 0.2) is 0 Å². The van der Waals surface area contributed by atoms with Crippen LogP contribution in [0.3, 0.4) is 0 Å². The predicted octanol–water partition coefficient (Wildman–Crippen LogP) is 3.59. The van der Waals surface area contributed by atoms with Crippen LogP contribution < -0.4 is 5.32 Å². The standard InChI is InChI=1S/C19H13N3OS/c23-19(10-9-18-13-20-14-24-18)22-17-6-3-4-15(12-17)7-8-16-5-1-2-11-21-16/h1-6,9-14H,(H,22,23)/b10-9+. The summed E-state index contributed by atoms with van der Waals surface area (Å²) in [5.74, 6) is 5.84. The highest BCUT2D eigenvalue weighted by molar-refractivity contribution is 7.10. The number of aromatic nitrogens is 2. The Morgan fingerprint density at radius 3 is 2.92 bits per heavy atom. The van der Waals surface area contributed by atoms with Crippen LogP contribution in [0.25, 0.3) is 6.08 Å². The lowest BCUT2D eigenvalue weighted by Gasteiger charge is -2.02. The van der Waals surface area contributed by atoms with E-state index in [1.807, 2.05) is 42.5 Å². The van der Waals surface area contributed by atoms with Crippen molar-refractivity contribution < 1.29 is 4.79 Å². The molecule has 5 heteroatoms. The Balaban J connectivity index is 1.67. The number of nitrogens with zero attached hydrogens (tertiary/aromatic N) is 2. The first kappa shape index (κ1) is 15.7. The van der Waals surface area contributed by atoms with Gasteiger partial charge in [-0.2, -0.15) is 0 Å². The first-order valence-corrected chi connectivity index (χ1v) is 8.08. The fourth-order valence-electron chi connectivity index (χ4n) is 1.90. The topological polar surface area (TPSA) is 54.9 Å². The minimum Gasteiger partial charge on any atom is -0.322 e. The Morgan fingerprint density at radius 2 is 2.12 bits per heavy atom. The van der Waals surface area contributed by atoms with Crippen LogP contribution in [-0.2, 0) is 4.79 Å². The molecule has 0 spiro atoms. The van der Waals surface area contributed by atoms with Crippen LogP contribution >= 0.6 is 11.3 Å². The van der Waals surface area contributed by atoms with Gasteiger partial charge < -0.3 is 5.32 Å². The zero-order valence-corrected chi connectivity index (χ0v) is 13.5. The molecule has 0 aliphatic heterocycles. The molecule has 0 fully saturated rings. The van der Waals surface area contributed by atoms with Crippen molar-refractivity contribution in [3.63, 3.8) is 0 Å². The van der Waals surface area contributed by atoms with Crippen LogP contribution in [-0.4, -0.2) is 15.9 Å². The number of thiazole rings is 1. The first-order chi connectivity index (χ1) is 11.8.